The van der Waals surface area contributed by atoms with Crippen molar-refractivity contribution < 1.29 is 9.18 Å². The van der Waals surface area contributed by atoms with E-state index >= 15 is 0 Å². The van der Waals surface area contributed by atoms with Gasteiger partial charge in [-0.2, -0.15) is 0 Å². The molecule has 2 aliphatic rings. The molecular weight excluding hydrogens is 321 g/mol. The molecule has 108 valence electrons. The third kappa shape index (κ3) is 2.68. The summed E-state index contributed by atoms with van der Waals surface area (Å²) in [5, 5.41) is 3.47. The highest BCUT2D eigenvalue weighted by Crippen LogP contribution is 2.33. The fourth-order valence-corrected chi connectivity index (χ4v) is 3.95. The largest absolute Gasteiger partial charge is 0.304 e. The SMILES string of the molecule is O=C(c1cccc(Br)c1F)C1CCC2CCCCC2N1. The van der Waals surface area contributed by atoms with Crippen LogP contribution in [0.15, 0.2) is 22.7 Å². The second kappa shape index (κ2) is 5.94. The molecule has 1 saturated heterocycles. The van der Waals surface area contributed by atoms with Gasteiger partial charge in [0.2, 0.25) is 0 Å². The Morgan fingerprint density at radius 2 is 2.00 bits per heavy atom. The summed E-state index contributed by atoms with van der Waals surface area (Å²) in [4.78, 5) is 12.5. The Kier molecular flexibility index (Phi) is 4.22. The molecule has 1 aromatic carbocycles. The number of rotatable bonds is 2. The third-order valence-corrected chi connectivity index (χ3v) is 5.30. The summed E-state index contributed by atoms with van der Waals surface area (Å²) in [6, 6.07) is 5.14. The lowest BCUT2D eigenvalue weighted by atomic mass is 9.77. The van der Waals surface area contributed by atoms with E-state index in [1.54, 1.807) is 18.2 Å². The maximum atomic E-state index is 14.0. The molecule has 4 heteroatoms. The Hall–Kier alpha value is -0.740. The first kappa shape index (κ1) is 14.2. The average molecular weight is 340 g/mol. The molecule has 1 saturated carbocycles. The lowest BCUT2D eigenvalue weighted by Crippen LogP contribution is -2.52. The molecule has 2 nitrogen and oxygen atoms in total. The van der Waals surface area contributed by atoms with Gasteiger partial charge in [0.1, 0.15) is 5.82 Å². The Balaban J connectivity index is 1.76. The fraction of sp³-hybridized carbons (Fsp3) is 0.562. The molecule has 1 heterocycles. The first-order valence-corrected chi connectivity index (χ1v) is 8.20. The van der Waals surface area contributed by atoms with Crippen molar-refractivity contribution in [2.75, 3.05) is 0 Å². The van der Waals surface area contributed by atoms with E-state index in [-0.39, 0.29) is 17.4 Å². The number of carbonyl (C=O) groups is 1. The van der Waals surface area contributed by atoms with Gasteiger partial charge in [-0.15, -0.1) is 0 Å². The van der Waals surface area contributed by atoms with E-state index in [0.717, 1.165) is 19.3 Å². The number of benzene rings is 1. The summed E-state index contributed by atoms with van der Waals surface area (Å²) >= 11 is 3.15. The minimum atomic E-state index is -0.440. The van der Waals surface area contributed by atoms with E-state index in [1.165, 1.54) is 19.3 Å². The maximum absolute atomic E-state index is 14.0. The number of Topliss-reactive ketones (excluding diaryl/α,β-unsaturated/α-hetero) is 1. The number of fused-ring (bicyclic) bond motifs is 1. The van der Waals surface area contributed by atoms with Crippen LogP contribution in [0.25, 0.3) is 0 Å². The number of halogens is 2. The van der Waals surface area contributed by atoms with E-state index in [2.05, 4.69) is 21.2 Å². The maximum Gasteiger partial charge on any atom is 0.182 e. The molecule has 0 spiro atoms. The van der Waals surface area contributed by atoms with E-state index < -0.39 is 5.82 Å². The quantitative estimate of drug-likeness (QED) is 0.822. The summed E-state index contributed by atoms with van der Waals surface area (Å²) < 4.78 is 14.4. The second-order valence-electron chi connectivity index (χ2n) is 5.91. The van der Waals surface area contributed by atoms with Crippen molar-refractivity contribution in [3.63, 3.8) is 0 Å². The van der Waals surface area contributed by atoms with Gasteiger partial charge in [-0.1, -0.05) is 18.9 Å². The van der Waals surface area contributed by atoms with Crippen molar-refractivity contribution in [2.45, 2.75) is 50.6 Å². The topological polar surface area (TPSA) is 29.1 Å². The number of piperidine rings is 1. The molecule has 20 heavy (non-hydrogen) atoms. The van der Waals surface area contributed by atoms with Gasteiger partial charge in [0.15, 0.2) is 5.78 Å². The Morgan fingerprint density at radius 1 is 1.20 bits per heavy atom. The first-order chi connectivity index (χ1) is 9.66. The molecule has 3 rings (SSSR count). The molecule has 3 unspecified atom stereocenters. The lowest BCUT2D eigenvalue weighted by molar-refractivity contribution is 0.0857. The third-order valence-electron chi connectivity index (χ3n) is 4.68. The van der Waals surface area contributed by atoms with Crippen molar-refractivity contribution >= 4 is 21.7 Å². The lowest BCUT2D eigenvalue weighted by Gasteiger charge is -2.40. The van der Waals surface area contributed by atoms with Crippen molar-refractivity contribution in [1.29, 1.82) is 0 Å². The van der Waals surface area contributed by atoms with Crippen LogP contribution in [-0.4, -0.2) is 17.9 Å². The van der Waals surface area contributed by atoms with Crippen molar-refractivity contribution in [1.82, 2.24) is 5.32 Å². The second-order valence-corrected chi connectivity index (χ2v) is 6.77. The van der Waals surface area contributed by atoms with Gasteiger partial charge < -0.3 is 5.32 Å². The highest BCUT2D eigenvalue weighted by atomic mass is 79.9. The Bertz CT molecular complexity index is 519. The van der Waals surface area contributed by atoms with Gasteiger partial charge in [0.25, 0.3) is 0 Å². The molecule has 3 atom stereocenters. The van der Waals surface area contributed by atoms with Crippen molar-refractivity contribution in [3.8, 4) is 0 Å². The van der Waals surface area contributed by atoms with Gasteiger partial charge in [-0.3, -0.25) is 4.79 Å². The van der Waals surface area contributed by atoms with Crippen LogP contribution >= 0.6 is 15.9 Å². The summed E-state index contributed by atoms with van der Waals surface area (Å²) in [6.07, 6.45) is 6.87. The summed E-state index contributed by atoms with van der Waals surface area (Å²) in [7, 11) is 0. The molecule has 2 fully saturated rings. The van der Waals surface area contributed by atoms with E-state index in [4.69, 9.17) is 0 Å². The molecule has 1 aliphatic carbocycles. The van der Waals surface area contributed by atoms with Gasteiger partial charge in [-0.25, -0.2) is 4.39 Å². The van der Waals surface area contributed by atoms with Gasteiger partial charge in [-0.05, 0) is 59.7 Å². The molecule has 1 N–H and O–H groups in total. The van der Waals surface area contributed by atoms with E-state index in [9.17, 15) is 9.18 Å². The van der Waals surface area contributed by atoms with Crippen LogP contribution in [0.5, 0.6) is 0 Å². The summed E-state index contributed by atoms with van der Waals surface area (Å²) in [5.74, 6) is 0.165. The van der Waals surface area contributed by atoms with Crippen LogP contribution in [0.3, 0.4) is 0 Å². The molecule has 0 bridgehead atoms. The highest BCUT2D eigenvalue weighted by molar-refractivity contribution is 9.10. The number of nitrogens with one attached hydrogen (secondary N) is 1. The number of ketones is 1. The molecule has 0 radical (unpaired) electrons. The zero-order chi connectivity index (χ0) is 14.1. The smallest absolute Gasteiger partial charge is 0.182 e. The normalized spacial score (nSPS) is 29.8. The van der Waals surface area contributed by atoms with Crippen LogP contribution in [-0.2, 0) is 0 Å². The van der Waals surface area contributed by atoms with Crippen LogP contribution in [0.4, 0.5) is 4.39 Å². The molecule has 1 aromatic rings. The number of hydrogen-bond acceptors (Lipinski definition) is 2. The van der Waals surface area contributed by atoms with Crippen LogP contribution in [0, 0.1) is 11.7 Å². The molecule has 1 aliphatic heterocycles. The minimum absolute atomic E-state index is 0.104. The van der Waals surface area contributed by atoms with Gasteiger partial charge in [0.05, 0.1) is 16.1 Å². The molecular formula is C16H19BrFNO. The fourth-order valence-electron chi connectivity index (χ4n) is 3.58. The van der Waals surface area contributed by atoms with Crippen molar-refractivity contribution in [3.05, 3.63) is 34.1 Å². The molecule has 0 amide bonds. The first-order valence-electron chi connectivity index (χ1n) is 7.41. The zero-order valence-corrected chi connectivity index (χ0v) is 13.0. The number of hydrogen-bond donors (Lipinski definition) is 1. The van der Waals surface area contributed by atoms with E-state index in [1.807, 2.05) is 0 Å². The van der Waals surface area contributed by atoms with Crippen LogP contribution in [0.1, 0.15) is 48.9 Å². The van der Waals surface area contributed by atoms with Gasteiger partial charge in [0, 0.05) is 6.04 Å². The monoisotopic (exact) mass is 339 g/mol. The standard InChI is InChI=1S/C16H19BrFNO/c17-12-6-3-5-11(15(12)18)16(20)14-9-8-10-4-1-2-7-13(10)19-14/h3,5-6,10,13-14,19H,1-2,4,7-9H2. The number of carbonyl (C=O) groups excluding carboxylic acids is 1. The van der Waals surface area contributed by atoms with Crippen LogP contribution in [0.2, 0.25) is 0 Å². The van der Waals surface area contributed by atoms with Gasteiger partial charge >= 0.3 is 0 Å². The highest BCUT2D eigenvalue weighted by Gasteiger charge is 2.35. The Labute approximate surface area is 127 Å². The predicted molar refractivity (Wildman–Crippen MR) is 80.3 cm³/mol. The predicted octanol–water partition coefficient (Wildman–Crippen LogP) is 4.08. The summed E-state index contributed by atoms with van der Waals surface area (Å²) in [6.45, 7) is 0. The Morgan fingerprint density at radius 3 is 2.85 bits per heavy atom. The minimum Gasteiger partial charge on any atom is -0.304 e. The molecule has 0 aromatic heterocycles. The average Bonchev–Trinajstić information content (AvgIpc) is 2.49. The summed E-state index contributed by atoms with van der Waals surface area (Å²) in [5.41, 5.74) is 0.200. The zero-order valence-electron chi connectivity index (χ0n) is 11.4. The van der Waals surface area contributed by atoms with Crippen molar-refractivity contribution in [2.24, 2.45) is 5.92 Å². The van der Waals surface area contributed by atoms with E-state index in [0.29, 0.717) is 16.4 Å². The van der Waals surface area contributed by atoms with Crippen LogP contribution < -0.4 is 5.32 Å².